The van der Waals surface area contributed by atoms with Crippen LogP contribution in [0.15, 0.2) is 36.5 Å². The molecular formula is C33H44Cl3N5O5. The number of carbonyl (C=O) groups is 4. The van der Waals surface area contributed by atoms with Crippen molar-refractivity contribution < 1.29 is 23.9 Å². The number of likely N-dealkylation sites (tertiary alicyclic amines) is 1. The zero-order valence-electron chi connectivity index (χ0n) is 27.1. The first-order chi connectivity index (χ1) is 21.4. The normalized spacial score (nSPS) is 17.9. The second kappa shape index (κ2) is 15.8. The molecule has 1 aliphatic heterocycles. The number of aromatic nitrogens is 1. The number of amides is 3. The Morgan fingerprint density at radius 1 is 1.09 bits per heavy atom. The average Bonchev–Trinajstić information content (AvgIpc) is 2.99. The largest absolute Gasteiger partial charge is 0.461 e. The third-order valence-electron chi connectivity index (χ3n) is 7.96. The van der Waals surface area contributed by atoms with Crippen molar-refractivity contribution in [1.82, 2.24) is 20.5 Å². The van der Waals surface area contributed by atoms with Gasteiger partial charge in [-0.1, -0.05) is 66.9 Å². The zero-order valence-corrected chi connectivity index (χ0v) is 29.4. The quantitative estimate of drug-likeness (QED) is 0.219. The van der Waals surface area contributed by atoms with Crippen LogP contribution in [0.1, 0.15) is 71.7 Å². The van der Waals surface area contributed by atoms with Crippen LogP contribution in [0.2, 0.25) is 0 Å². The minimum atomic E-state index is -1.73. The van der Waals surface area contributed by atoms with E-state index in [1.54, 1.807) is 39.1 Å². The lowest BCUT2D eigenvalue weighted by Crippen LogP contribution is -2.57. The monoisotopic (exact) mass is 695 g/mol. The number of fused-ring (bicyclic) bond motifs is 1. The lowest BCUT2D eigenvalue weighted by Gasteiger charge is -2.34. The molecule has 0 saturated carbocycles. The summed E-state index contributed by atoms with van der Waals surface area (Å²) in [6.07, 6.45) is 6.41. The minimum absolute atomic E-state index is 0.0965. The summed E-state index contributed by atoms with van der Waals surface area (Å²) in [5, 5.41) is 7.58. The molecule has 3 rings (SSSR count). The van der Waals surface area contributed by atoms with Crippen molar-refractivity contribution in [2.24, 2.45) is 23.0 Å². The van der Waals surface area contributed by atoms with E-state index in [4.69, 9.17) is 45.3 Å². The molecule has 3 amide bonds. The molecule has 1 saturated heterocycles. The summed E-state index contributed by atoms with van der Waals surface area (Å²) >= 11 is 17.0. The molecule has 13 heteroatoms. The van der Waals surface area contributed by atoms with Crippen LogP contribution in [0, 0.1) is 17.3 Å². The molecule has 1 aromatic heterocycles. The highest BCUT2D eigenvalue weighted by molar-refractivity contribution is 6.67. The van der Waals surface area contributed by atoms with Crippen LogP contribution in [-0.2, 0) is 23.9 Å². The summed E-state index contributed by atoms with van der Waals surface area (Å²) in [4.78, 5) is 58.4. The molecule has 252 valence electrons. The lowest BCUT2D eigenvalue weighted by molar-refractivity contribution is -0.152. The fourth-order valence-electron chi connectivity index (χ4n) is 5.06. The van der Waals surface area contributed by atoms with Gasteiger partial charge in [0.1, 0.15) is 18.7 Å². The van der Waals surface area contributed by atoms with Gasteiger partial charge in [0.2, 0.25) is 21.5 Å². The molecule has 4 atom stereocenters. The number of pyridine rings is 1. The Morgan fingerprint density at radius 3 is 2.41 bits per heavy atom. The topological polar surface area (TPSA) is 144 Å². The van der Waals surface area contributed by atoms with Gasteiger partial charge in [-0.3, -0.25) is 24.2 Å². The van der Waals surface area contributed by atoms with Gasteiger partial charge in [-0.05, 0) is 75.6 Å². The summed E-state index contributed by atoms with van der Waals surface area (Å²) in [7, 11) is 0. The van der Waals surface area contributed by atoms with E-state index in [9.17, 15) is 19.2 Å². The Kier molecular flexibility index (Phi) is 12.9. The van der Waals surface area contributed by atoms with Crippen LogP contribution in [0.3, 0.4) is 0 Å². The summed E-state index contributed by atoms with van der Waals surface area (Å²) in [5.41, 5.74) is 6.75. The number of hydrogen-bond donors (Lipinski definition) is 3. The van der Waals surface area contributed by atoms with Crippen molar-refractivity contribution in [1.29, 1.82) is 0 Å². The number of hydrogen-bond acceptors (Lipinski definition) is 7. The van der Waals surface area contributed by atoms with Gasteiger partial charge in [0, 0.05) is 30.7 Å². The Morgan fingerprint density at radius 2 is 1.78 bits per heavy atom. The second-order valence-corrected chi connectivity index (χ2v) is 15.3. The SMILES string of the molecule is CC(NC(=O)C(NC(=O)C(C)(C)C=Cc1cc2cc(C(C)N)ccc2cn1)C(C)C)C(=O)N1CCCC(C(=O)OCC(Cl)(Cl)Cl)C1. The lowest BCUT2D eigenvalue weighted by atomic mass is 9.90. The van der Waals surface area contributed by atoms with Crippen molar-refractivity contribution in [3.63, 3.8) is 0 Å². The number of rotatable bonds is 11. The predicted octanol–water partition coefficient (Wildman–Crippen LogP) is 5.09. The third-order valence-corrected chi connectivity index (χ3v) is 8.29. The number of benzene rings is 1. The van der Waals surface area contributed by atoms with E-state index in [2.05, 4.69) is 15.6 Å². The van der Waals surface area contributed by atoms with Crippen LogP contribution < -0.4 is 16.4 Å². The van der Waals surface area contributed by atoms with Gasteiger partial charge in [0.25, 0.3) is 0 Å². The van der Waals surface area contributed by atoms with E-state index in [-0.39, 0.29) is 30.3 Å². The third kappa shape index (κ3) is 10.6. The van der Waals surface area contributed by atoms with Crippen LogP contribution in [-0.4, -0.2) is 69.1 Å². The van der Waals surface area contributed by atoms with Gasteiger partial charge in [-0.15, -0.1) is 0 Å². The van der Waals surface area contributed by atoms with Gasteiger partial charge in [-0.2, -0.15) is 0 Å². The first-order valence-electron chi connectivity index (χ1n) is 15.4. The number of halogens is 3. The van der Waals surface area contributed by atoms with Crippen LogP contribution in [0.25, 0.3) is 16.8 Å². The molecule has 2 aromatic rings. The fraction of sp³-hybridized carbons (Fsp3) is 0.545. The molecule has 0 bridgehead atoms. The number of nitrogens with zero attached hydrogens (tertiary/aromatic N) is 2. The highest BCUT2D eigenvalue weighted by Crippen LogP contribution is 2.28. The number of nitrogens with two attached hydrogens (primary N) is 1. The number of ether oxygens (including phenoxy) is 1. The maximum atomic E-state index is 13.4. The maximum absolute atomic E-state index is 13.4. The summed E-state index contributed by atoms with van der Waals surface area (Å²) in [6, 6.07) is 6.05. The number of piperidine rings is 1. The Bertz CT molecular complexity index is 1460. The van der Waals surface area contributed by atoms with Gasteiger partial charge in [-0.25, -0.2) is 0 Å². The summed E-state index contributed by atoms with van der Waals surface area (Å²) in [5.74, 6) is -2.57. The molecule has 4 N–H and O–H groups in total. The zero-order chi connectivity index (χ0) is 34.4. The molecule has 1 fully saturated rings. The van der Waals surface area contributed by atoms with Crippen molar-refractivity contribution in [2.75, 3.05) is 19.7 Å². The molecule has 0 aliphatic carbocycles. The highest BCUT2D eigenvalue weighted by Gasteiger charge is 2.35. The standard InChI is InChI=1S/C33H44Cl3N5O5/c1-19(2)27(28(42)39-21(4)29(43)41-13-7-8-24(17-41)30(44)46-18-33(34,35)36)40-31(45)32(5,6)12-11-26-15-25-14-22(20(3)37)9-10-23(25)16-38-26/h9-12,14-16,19-21,24,27H,7-8,13,17-18,37H2,1-6H3,(H,39,42)(H,40,45). The second-order valence-electron chi connectivity index (χ2n) is 12.8. The molecule has 4 unspecified atom stereocenters. The minimum Gasteiger partial charge on any atom is -0.461 e. The first-order valence-corrected chi connectivity index (χ1v) is 16.5. The fourth-order valence-corrected chi connectivity index (χ4v) is 5.23. The van der Waals surface area contributed by atoms with E-state index in [0.29, 0.717) is 25.1 Å². The van der Waals surface area contributed by atoms with Crippen LogP contribution in [0.4, 0.5) is 0 Å². The average molecular weight is 697 g/mol. The summed E-state index contributed by atoms with van der Waals surface area (Å²) < 4.78 is 3.37. The van der Waals surface area contributed by atoms with Gasteiger partial charge in [0.15, 0.2) is 0 Å². The number of carbonyl (C=O) groups excluding carboxylic acids is 4. The Labute approximate surface area is 285 Å². The highest BCUT2D eigenvalue weighted by atomic mass is 35.6. The molecule has 1 aliphatic rings. The molecular weight excluding hydrogens is 653 g/mol. The van der Waals surface area contributed by atoms with Crippen LogP contribution in [0.5, 0.6) is 0 Å². The number of esters is 1. The Hall–Kier alpha value is -2.92. The molecule has 1 aromatic carbocycles. The molecule has 0 spiro atoms. The van der Waals surface area contributed by atoms with Gasteiger partial charge >= 0.3 is 5.97 Å². The smallest absolute Gasteiger partial charge is 0.310 e. The molecule has 46 heavy (non-hydrogen) atoms. The van der Waals surface area contributed by atoms with E-state index >= 15 is 0 Å². The van der Waals surface area contributed by atoms with E-state index in [1.165, 1.54) is 4.90 Å². The van der Waals surface area contributed by atoms with E-state index in [0.717, 1.165) is 16.3 Å². The van der Waals surface area contributed by atoms with Crippen LogP contribution >= 0.6 is 34.8 Å². The van der Waals surface area contributed by atoms with Crippen molar-refractivity contribution in [3.8, 4) is 0 Å². The summed E-state index contributed by atoms with van der Waals surface area (Å²) in [6.45, 7) is 10.8. The number of alkyl halides is 3. The van der Waals surface area contributed by atoms with Gasteiger partial charge in [0.05, 0.1) is 17.0 Å². The maximum Gasteiger partial charge on any atom is 0.310 e. The van der Waals surface area contributed by atoms with E-state index < -0.39 is 45.7 Å². The molecule has 2 heterocycles. The van der Waals surface area contributed by atoms with Crippen molar-refractivity contribution in [2.45, 2.75) is 76.3 Å². The van der Waals surface area contributed by atoms with E-state index in [1.807, 2.05) is 45.0 Å². The molecule has 10 nitrogen and oxygen atoms in total. The van der Waals surface area contributed by atoms with Crippen molar-refractivity contribution >= 4 is 75.3 Å². The van der Waals surface area contributed by atoms with Gasteiger partial charge < -0.3 is 26.0 Å². The first kappa shape index (κ1) is 37.5. The number of nitrogens with one attached hydrogen (secondary N) is 2. The predicted molar refractivity (Wildman–Crippen MR) is 182 cm³/mol. The van der Waals surface area contributed by atoms with Crippen molar-refractivity contribution in [3.05, 3.63) is 47.8 Å². The Balaban J connectivity index is 1.62. The molecule has 0 radical (unpaired) electrons.